The molecule has 28 heavy (non-hydrogen) atoms. The average molecular weight is 405 g/mol. The number of H-pyrrole nitrogens is 1. The van der Waals surface area contributed by atoms with Crippen LogP contribution in [0.2, 0.25) is 25.7 Å². The van der Waals surface area contributed by atoms with Gasteiger partial charge in [0.25, 0.3) is 0 Å². The Labute approximate surface area is 170 Å². The van der Waals surface area contributed by atoms with Gasteiger partial charge in [0.15, 0.2) is 12.0 Å². The zero-order valence-corrected chi connectivity index (χ0v) is 19.1. The molecule has 0 amide bonds. The van der Waals surface area contributed by atoms with Crippen molar-refractivity contribution in [1.29, 1.82) is 0 Å². The van der Waals surface area contributed by atoms with Crippen LogP contribution < -0.4 is 0 Å². The second-order valence-corrected chi connectivity index (χ2v) is 14.5. The van der Waals surface area contributed by atoms with Crippen LogP contribution in [0.1, 0.15) is 38.4 Å². The van der Waals surface area contributed by atoms with Crippen LogP contribution in [0.4, 0.5) is 0 Å². The second kappa shape index (κ2) is 9.13. The van der Waals surface area contributed by atoms with Crippen molar-refractivity contribution in [3.05, 3.63) is 29.9 Å². The summed E-state index contributed by atoms with van der Waals surface area (Å²) in [4.78, 5) is 12.2. The number of hydrogen-bond acceptors (Lipinski definition) is 6. The Bertz CT molecular complexity index is 681. The fourth-order valence-electron chi connectivity index (χ4n) is 3.59. The predicted octanol–water partition coefficient (Wildman–Crippen LogP) is 3.67. The van der Waals surface area contributed by atoms with E-state index in [9.17, 15) is 0 Å². The van der Waals surface area contributed by atoms with Crippen molar-refractivity contribution in [3.63, 3.8) is 0 Å². The summed E-state index contributed by atoms with van der Waals surface area (Å²) in [6, 6.07) is 1.17. The molecule has 8 heteroatoms. The highest BCUT2D eigenvalue weighted by atomic mass is 28.3. The molecule has 156 valence electrons. The zero-order valence-electron chi connectivity index (χ0n) is 18.1. The molecule has 0 bridgehead atoms. The van der Waals surface area contributed by atoms with Gasteiger partial charge in [0.1, 0.15) is 6.73 Å². The lowest BCUT2D eigenvalue weighted by Crippen LogP contribution is -2.46. The Morgan fingerprint density at radius 1 is 1.21 bits per heavy atom. The van der Waals surface area contributed by atoms with Gasteiger partial charge in [0, 0.05) is 45.7 Å². The maximum absolute atomic E-state index is 6.14. The Balaban J connectivity index is 1.82. The van der Waals surface area contributed by atoms with E-state index in [0.717, 1.165) is 50.6 Å². The molecule has 1 aromatic rings. The van der Waals surface area contributed by atoms with Crippen molar-refractivity contribution in [3.8, 4) is 0 Å². The molecule has 0 aliphatic carbocycles. The summed E-state index contributed by atoms with van der Waals surface area (Å²) < 4.78 is 6.14. The molecular formula is C20H36N6OSi. The molecule has 1 N–H and O–H groups in total. The van der Waals surface area contributed by atoms with Crippen LogP contribution >= 0.6 is 0 Å². The Morgan fingerprint density at radius 2 is 2.00 bits per heavy atom. The molecule has 1 unspecified atom stereocenters. The van der Waals surface area contributed by atoms with Crippen molar-refractivity contribution in [2.45, 2.75) is 58.5 Å². The van der Waals surface area contributed by atoms with Gasteiger partial charge in [-0.15, -0.1) is 0 Å². The monoisotopic (exact) mass is 404 g/mol. The number of nitrogens with one attached hydrogen (secondary N) is 1. The number of amidine groups is 1. The minimum Gasteiger partial charge on any atom is -0.361 e. The third kappa shape index (κ3) is 4.97. The van der Waals surface area contributed by atoms with Crippen molar-refractivity contribution < 1.29 is 4.74 Å². The van der Waals surface area contributed by atoms with E-state index >= 15 is 0 Å². The number of aromatic nitrogens is 2. The highest BCUT2D eigenvalue weighted by Crippen LogP contribution is 2.35. The maximum atomic E-state index is 6.14. The number of rotatable bonds is 10. The summed E-state index contributed by atoms with van der Waals surface area (Å²) in [5.74, 6) is 1.09. The van der Waals surface area contributed by atoms with Gasteiger partial charge in [-0.05, 0) is 18.9 Å². The van der Waals surface area contributed by atoms with Gasteiger partial charge in [-0.2, -0.15) is 5.10 Å². The van der Waals surface area contributed by atoms with Crippen LogP contribution in [0.15, 0.2) is 29.3 Å². The van der Waals surface area contributed by atoms with Crippen molar-refractivity contribution in [2.75, 3.05) is 33.1 Å². The van der Waals surface area contributed by atoms with Gasteiger partial charge in [-0.3, -0.25) is 5.10 Å². The Kier molecular flexibility index (Phi) is 6.82. The van der Waals surface area contributed by atoms with Crippen LogP contribution in [0.25, 0.3) is 0 Å². The minimum atomic E-state index is -1.10. The zero-order chi connectivity index (χ0) is 20.1. The number of aliphatic imine (C=N–C) groups is 1. The predicted molar refractivity (Wildman–Crippen MR) is 117 cm³/mol. The topological polar surface area (TPSA) is 60.0 Å². The van der Waals surface area contributed by atoms with Crippen LogP contribution in [0.3, 0.4) is 0 Å². The Hall–Kier alpha value is -1.80. The number of aromatic amines is 1. The van der Waals surface area contributed by atoms with Gasteiger partial charge in [-0.25, -0.2) is 4.99 Å². The lowest BCUT2D eigenvalue weighted by molar-refractivity contribution is 0.0396. The molecule has 2 aliphatic heterocycles. The molecule has 0 radical (unpaired) electrons. The van der Waals surface area contributed by atoms with Crippen molar-refractivity contribution in [2.24, 2.45) is 4.99 Å². The standard InChI is InChI=1S/C20H36N6OSi/c1-6-8-24-14-18-20(25(15-24)9-7-2)23-19(17-12-21-22-13-17)26(18)16-27-10-11-28(3,4)5/h12-14,19H,6-11,15-16H2,1-5H3,(H,21,22). The molecule has 3 rings (SSSR count). The van der Waals surface area contributed by atoms with Gasteiger partial charge >= 0.3 is 0 Å². The van der Waals surface area contributed by atoms with Gasteiger partial charge in [0.05, 0.1) is 18.6 Å². The summed E-state index contributed by atoms with van der Waals surface area (Å²) in [6.07, 6.45) is 8.25. The number of nitrogens with zero attached hydrogens (tertiary/aromatic N) is 5. The fraction of sp³-hybridized carbons (Fsp3) is 0.700. The first-order valence-electron chi connectivity index (χ1n) is 10.5. The van der Waals surface area contributed by atoms with Gasteiger partial charge in [-0.1, -0.05) is 33.5 Å². The molecule has 1 aromatic heterocycles. The Morgan fingerprint density at radius 3 is 2.64 bits per heavy atom. The van der Waals surface area contributed by atoms with Crippen LogP contribution in [-0.4, -0.2) is 71.9 Å². The number of ether oxygens (including phenoxy) is 1. The van der Waals surface area contributed by atoms with E-state index in [1.807, 2.05) is 12.4 Å². The third-order valence-electron chi connectivity index (χ3n) is 5.08. The van der Waals surface area contributed by atoms with E-state index in [4.69, 9.17) is 9.73 Å². The molecule has 0 fully saturated rings. The van der Waals surface area contributed by atoms with Crippen LogP contribution in [-0.2, 0) is 4.74 Å². The number of fused-ring (bicyclic) bond motifs is 1. The smallest absolute Gasteiger partial charge is 0.154 e. The molecule has 1 atom stereocenters. The summed E-state index contributed by atoms with van der Waals surface area (Å²) in [7, 11) is -1.10. The quantitative estimate of drug-likeness (QED) is 0.476. The molecule has 3 heterocycles. The third-order valence-corrected chi connectivity index (χ3v) is 6.79. The van der Waals surface area contributed by atoms with Crippen LogP contribution in [0.5, 0.6) is 0 Å². The molecule has 0 spiro atoms. The van der Waals surface area contributed by atoms with Crippen molar-refractivity contribution in [1.82, 2.24) is 24.9 Å². The molecule has 2 aliphatic rings. The first-order valence-corrected chi connectivity index (χ1v) is 14.3. The lowest BCUT2D eigenvalue weighted by Gasteiger charge is -2.38. The van der Waals surface area contributed by atoms with E-state index in [0.29, 0.717) is 6.73 Å². The molecule has 0 saturated carbocycles. The summed E-state index contributed by atoms with van der Waals surface area (Å²) in [5.41, 5.74) is 2.25. The van der Waals surface area contributed by atoms with Gasteiger partial charge in [0.2, 0.25) is 0 Å². The normalized spacial score (nSPS) is 19.8. The average Bonchev–Trinajstić information content (AvgIpc) is 3.26. The first kappa shape index (κ1) is 20.9. The van der Waals surface area contributed by atoms with Crippen LogP contribution in [0, 0.1) is 0 Å². The molecule has 7 nitrogen and oxygen atoms in total. The second-order valence-electron chi connectivity index (χ2n) is 8.91. The first-order chi connectivity index (χ1) is 13.4. The summed E-state index contributed by atoms with van der Waals surface area (Å²) >= 11 is 0. The van der Waals surface area contributed by atoms with E-state index in [2.05, 4.69) is 64.6 Å². The highest BCUT2D eigenvalue weighted by molar-refractivity contribution is 6.76. The summed E-state index contributed by atoms with van der Waals surface area (Å²) in [6.45, 7) is 15.9. The van der Waals surface area contributed by atoms with E-state index in [1.165, 1.54) is 11.7 Å². The highest BCUT2D eigenvalue weighted by Gasteiger charge is 2.38. The maximum Gasteiger partial charge on any atom is 0.154 e. The molecule has 0 aromatic carbocycles. The fourth-order valence-corrected chi connectivity index (χ4v) is 4.35. The number of hydrogen-bond donors (Lipinski definition) is 1. The SMILES string of the molecule is CCCN1C=C2C(=NC(c3cn[nH]c3)N2COCC[Si](C)(C)C)N(CCC)C1. The van der Waals surface area contributed by atoms with E-state index in [1.54, 1.807) is 0 Å². The van der Waals surface area contributed by atoms with E-state index < -0.39 is 8.07 Å². The largest absolute Gasteiger partial charge is 0.361 e. The van der Waals surface area contributed by atoms with E-state index in [-0.39, 0.29) is 6.17 Å². The molecular weight excluding hydrogens is 368 g/mol. The van der Waals surface area contributed by atoms with Gasteiger partial charge < -0.3 is 19.4 Å². The minimum absolute atomic E-state index is 0.0761. The van der Waals surface area contributed by atoms with Crippen molar-refractivity contribution >= 4 is 13.9 Å². The molecule has 0 saturated heterocycles. The summed E-state index contributed by atoms with van der Waals surface area (Å²) in [5, 5.41) is 7.08. The lowest BCUT2D eigenvalue weighted by atomic mass is 10.2.